The Bertz CT molecular complexity index is 545. The zero-order chi connectivity index (χ0) is 13.0. The number of hydrogen-bond acceptors (Lipinski definition) is 2. The summed E-state index contributed by atoms with van der Waals surface area (Å²) in [5.74, 6) is 0.463. The van der Waals surface area contributed by atoms with Gasteiger partial charge in [0, 0.05) is 22.2 Å². The first-order chi connectivity index (χ1) is 8.67. The fraction of sp³-hybridized carbons (Fsp3) is 0.143. The van der Waals surface area contributed by atoms with Crippen LogP contribution in [0.2, 0.25) is 5.02 Å². The molecule has 94 valence electrons. The summed E-state index contributed by atoms with van der Waals surface area (Å²) in [6, 6.07) is 12.6. The van der Waals surface area contributed by atoms with E-state index < -0.39 is 0 Å². The van der Waals surface area contributed by atoms with Gasteiger partial charge in [0.2, 0.25) is 0 Å². The van der Waals surface area contributed by atoms with Crippen LogP contribution in [-0.4, -0.2) is 0 Å². The Morgan fingerprint density at radius 1 is 1.11 bits per heavy atom. The molecule has 0 aliphatic carbocycles. The van der Waals surface area contributed by atoms with E-state index in [0.717, 1.165) is 16.0 Å². The van der Waals surface area contributed by atoms with Gasteiger partial charge in [0.05, 0.1) is 0 Å². The fourth-order valence-electron chi connectivity index (χ4n) is 1.64. The van der Waals surface area contributed by atoms with Crippen molar-refractivity contribution in [1.29, 1.82) is 0 Å². The minimum atomic E-state index is -0.236. The Kier molecular flexibility index (Phi) is 4.64. The Balaban J connectivity index is 2.08. The van der Waals surface area contributed by atoms with Crippen molar-refractivity contribution in [2.45, 2.75) is 17.2 Å². The summed E-state index contributed by atoms with van der Waals surface area (Å²) in [4.78, 5) is 1.07. The van der Waals surface area contributed by atoms with Crippen molar-refractivity contribution < 1.29 is 4.39 Å². The first kappa shape index (κ1) is 13.4. The first-order valence-electron chi connectivity index (χ1n) is 5.54. The summed E-state index contributed by atoms with van der Waals surface area (Å²) in [6.45, 7) is 0.354. The van der Waals surface area contributed by atoms with E-state index in [4.69, 9.17) is 17.3 Å². The summed E-state index contributed by atoms with van der Waals surface area (Å²) in [7, 11) is 0. The van der Waals surface area contributed by atoms with Crippen LogP contribution in [-0.2, 0) is 12.3 Å². The molecule has 2 aromatic carbocycles. The van der Waals surface area contributed by atoms with Gasteiger partial charge in [-0.25, -0.2) is 4.39 Å². The third-order valence-electron chi connectivity index (χ3n) is 2.45. The molecule has 2 aromatic rings. The molecule has 0 aromatic heterocycles. The lowest BCUT2D eigenvalue weighted by Crippen LogP contribution is -1.98. The van der Waals surface area contributed by atoms with E-state index >= 15 is 0 Å². The third-order valence-corrected chi connectivity index (χ3v) is 3.75. The van der Waals surface area contributed by atoms with Gasteiger partial charge in [-0.15, -0.1) is 11.8 Å². The van der Waals surface area contributed by atoms with Gasteiger partial charge in [0.25, 0.3) is 0 Å². The smallest absolute Gasteiger partial charge is 0.123 e. The molecule has 0 heterocycles. The van der Waals surface area contributed by atoms with Crippen LogP contribution in [0.5, 0.6) is 0 Å². The predicted octanol–water partition coefficient (Wildman–Crippen LogP) is 4.23. The maximum Gasteiger partial charge on any atom is 0.123 e. The van der Waals surface area contributed by atoms with Crippen LogP contribution < -0.4 is 5.73 Å². The lowest BCUT2D eigenvalue weighted by atomic mass is 10.1. The highest BCUT2D eigenvalue weighted by atomic mass is 35.5. The number of thioether (sulfide) groups is 1. The molecule has 0 saturated carbocycles. The highest BCUT2D eigenvalue weighted by molar-refractivity contribution is 7.98. The number of benzene rings is 2. The van der Waals surface area contributed by atoms with E-state index in [9.17, 15) is 4.39 Å². The monoisotopic (exact) mass is 281 g/mol. The lowest BCUT2D eigenvalue weighted by molar-refractivity contribution is 0.624. The van der Waals surface area contributed by atoms with Crippen LogP contribution in [0.4, 0.5) is 4.39 Å². The predicted molar refractivity (Wildman–Crippen MR) is 75.3 cm³/mol. The second-order valence-corrected chi connectivity index (χ2v) is 5.40. The van der Waals surface area contributed by atoms with E-state index in [1.165, 1.54) is 12.1 Å². The van der Waals surface area contributed by atoms with E-state index in [2.05, 4.69) is 0 Å². The minimum absolute atomic E-state index is 0.236. The molecular formula is C14H13ClFNS. The van der Waals surface area contributed by atoms with Gasteiger partial charge in [0.15, 0.2) is 0 Å². The molecule has 2 rings (SSSR count). The van der Waals surface area contributed by atoms with Gasteiger partial charge in [-0.3, -0.25) is 0 Å². The SMILES string of the molecule is NCc1cc(F)cc(CSc2cccc(Cl)c2)c1. The van der Waals surface area contributed by atoms with Crippen molar-refractivity contribution in [3.05, 3.63) is 64.4 Å². The van der Waals surface area contributed by atoms with E-state index in [1.807, 2.05) is 30.3 Å². The summed E-state index contributed by atoms with van der Waals surface area (Å²) in [5.41, 5.74) is 7.27. The number of halogens is 2. The van der Waals surface area contributed by atoms with Gasteiger partial charge in [0.1, 0.15) is 5.82 Å². The maximum atomic E-state index is 13.3. The van der Waals surface area contributed by atoms with E-state index in [0.29, 0.717) is 17.3 Å². The summed E-state index contributed by atoms with van der Waals surface area (Å²) in [6.07, 6.45) is 0. The molecule has 0 atom stereocenters. The first-order valence-corrected chi connectivity index (χ1v) is 6.90. The molecule has 0 unspecified atom stereocenters. The highest BCUT2D eigenvalue weighted by Gasteiger charge is 2.02. The molecule has 0 amide bonds. The second-order valence-electron chi connectivity index (χ2n) is 3.92. The van der Waals surface area contributed by atoms with Crippen LogP contribution in [0, 0.1) is 5.82 Å². The van der Waals surface area contributed by atoms with Crippen molar-refractivity contribution in [3.63, 3.8) is 0 Å². The molecule has 0 aliphatic heterocycles. The summed E-state index contributed by atoms with van der Waals surface area (Å²) >= 11 is 7.53. The molecule has 0 aliphatic rings. The zero-order valence-corrected chi connectivity index (χ0v) is 11.3. The quantitative estimate of drug-likeness (QED) is 0.849. The highest BCUT2D eigenvalue weighted by Crippen LogP contribution is 2.25. The molecule has 0 bridgehead atoms. The van der Waals surface area contributed by atoms with Gasteiger partial charge in [-0.05, 0) is 41.5 Å². The topological polar surface area (TPSA) is 26.0 Å². The van der Waals surface area contributed by atoms with Crippen LogP contribution in [0.3, 0.4) is 0 Å². The summed E-state index contributed by atoms with van der Waals surface area (Å²) in [5, 5.41) is 0.710. The molecular weight excluding hydrogens is 269 g/mol. The molecule has 0 radical (unpaired) electrons. The number of rotatable bonds is 4. The second kappa shape index (κ2) is 6.23. The van der Waals surface area contributed by atoms with Gasteiger partial charge < -0.3 is 5.73 Å². The zero-order valence-electron chi connectivity index (χ0n) is 9.70. The van der Waals surface area contributed by atoms with Crippen molar-refractivity contribution in [2.75, 3.05) is 0 Å². The Morgan fingerprint density at radius 2 is 1.89 bits per heavy atom. The Labute approximate surface area is 115 Å². The average molecular weight is 282 g/mol. The lowest BCUT2D eigenvalue weighted by Gasteiger charge is -2.05. The van der Waals surface area contributed by atoms with Gasteiger partial charge >= 0.3 is 0 Å². The Hall–Kier alpha value is -1.03. The fourth-order valence-corrected chi connectivity index (χ4v) is 2.78. The van der Waals surface area contributed by atoms with Crippen LogP contribution in [0.15, 0.2) is 47.4 Å². The molecule has 18 heavy (non-hydrogen) atoms. The van der Waals surface area contributed by atoms with Gasteiger partial charge in [-0.2, -0.15) is 0 Å². The number of hydrogen-bond donors (Lipinski definition) is 1. The van der Waals surface area contributed by atoms with Gasteiger partial charge in [-0.1, -0.05) is 23.7 Å². The van der Waals surface area contributed by atoms with Crippen molar-refractivity contribution in [3.8, 4) is 0 Å². The van der Waals surface area contributed by atoms with Crippen molar-refractivity contribution in [2.24, 2.45) is 5.73 Å². The normalized spacial score (nSPS) is 10.6. The van der Waals surface area contributed by atoms with Crippen LogP contribution >= 0.6 is 23.4 Å². The third kappa shape index (κ3) is 3.73. The minimum Gasteiger partial charge on any atom is -0.326 e. The van der Waals surface area contributed by atoms with Crippen molar-refractivity contribution >= 4 is 23.4 Å². The van der Waals surface area contributed by atoms with Crippen LogP contribution in [0.25, 0.3) is 0 Å². The molecule has 2 N–H and O–H groups in total. The molecule has 0 saturated heterocycles. The average Bonchev–Trinajstić information content (AvgIpc) is 2.36. The summed E-state index contributed by atoms with van der Waals surface area (Å²) < 4.78 is 13.3. The maximum absolute atomic E-state index is 13.3. The van der Waals surface area contributed by atoms with E-state index in [1.54, 1.807) is 11.8 Å². The Morgan fingerprint density at radius 3 is 2.61 bits per heavy atom. The molecule has 4 heteroatoms. The number of nitrogens with two attached hydrogens (primary N) is 1. The standard InChI is InChI=1S/C14H13ClFNS/c15-12-2-1-3-14(7-12)18-9-11-4-10(8-17)5-13(16)6-11/h1-7H,8-9,17H2. The van der Waals surface area contributed by atoms with E-state index in [-0.39, 0.29) is 5.82 Å². The van der Waals surface area contributed by atoms with Crippen LogP contribution in [0.1, 0.15) is 11.1 Å². The van der Waals surface area contributed by atoms with Crippen molar-refractivity contribution in [1.82, 2.24) is 0 Å². The molecule has 0 spiro atoms. The molecule has 0 fully saturated rings. The molecule has 1 nitrogen and oxygen atoms in total. The largest absolute Gasteiger partial charge is 0.326 e.